The van der Waals surface area contributed by atoms with Crippen LogP contribution in [-0.2, 0) is 4.79 Å². The number of carboxylic acid groups (broad SMARTS) is 1. The fourth-order valence-electron chi connectivity index (χ4n) is 2.86. The van der Waals surface area contributed by atoms with Gasteiger partial charge < -0.3 is 10.0 Å². The average molecular weight is 281 g/mol. The van der Waals surface area contributed by atoms with Crippen LogP contribution in [0.3, 0.4) is 0 Å². The molecule has 0 spiro atoms. The second-order valence-electron chi connectivity index (χ2n) is 5.20. The van der Waals surface area contributed by atoms with Gasteiger partial charge in [-0.2, -0.15) is 5.26 Å². The predicted molar refractivity (Wildman–Crippen MR) is 79.1 cm³/mol. The monoisotopic (exact) mass is 281 g/mol. The molecule has 2 heterocycles. The fraction of sp³-hybridized carbons (Fsp3) is 0.312. The predicted octanol–water partition coefficient (Wildman–Crippen LogP) is 2.55. The van der Waals surface area contributed by atoms with Crippen molar-refractivity contribution in [3.8, 4) is 6.07 Å². The van der Waals surface area contributed by atoms with E-state index in [0.717, 1.165) is 23.7 Å². The van der Waals surface area contributed by atoms with Crippen molar-refractivity contribution in [1.29, 1.82) is 5.26 Å². The summed E-state index contributed by atoms with van der Waals surface area (Å²) in [4.78, 5) is 17.8. The molecule has 21 heavy (non-hydrogen) atoms. The van der Waals surface area contributed by atoms with Crippen LogP contribution in [0.4, 0.5) is 5.82 Å². The van der Waals surface area contributed by atoms with Gasteiger partial charge in [0.1, 0.15) is 11.9 Å². The molecule has 1 atom stereocenters. The molecular formula is C16H15N3O2. The number of pyridine rings is 1. The second kappa shape index (κ2) is 5.41. The first-order valence-electron chi connectivity index (χ1n) is 7.00. The summed E-state index contributed by atoms with van der Waals surface area (Å²) in [6, 6.07) is 10.8. The summed E-state index contributed by atoms with van der Waals surface area (Å²) in [5.74, 6) is -0.250. The smallest absolute Gasteiger partial charge is 0.326 e. The van der Waals surface area contributed by atoms with Gasteiger partial charge in [0, 0.05) is 11.9 Å². The number of aliphatic carboxylic acids is 1. The Morgan fingerprint density at radius 1 is 1.38 bits per heavy atom. The van der Waals surface area contributed by atoms with E-state index >= 15 is 0 Å². The maximum Gasteiger partial charge on any atom is 0.326 e. The minimum atomic E-state index is -0.830. The lowest BCUT2D eigenvalue weighted by Gasteiger charge is -2.34. The lowest BCUT2D eigenvalue weighted by atomic mass is 10.0. The van der Waals surface area contributed by atoms with Crippen LogP contribution >= 0.6 is 0 Å². The van der Waals surface area contributed by atoms with Crippen LogP contribution in [0.15, 0.2) is 30.3 Å². The number of nitrogens with zero attached hydrogens (tertiary/aromatic N) is 3. The maximum absolute atomic E-state index is 11.4. The highest BCUT2D eigenvalue weighted by atomic mass is 16.4. The Morgan fingerprint density at radius 2 is 2.19 bits per heavy atom. The van der Waals surface area contributed by atoms with Crippen molar-refractivity contribution >= 4 is 22.7 Å². The highest BCUT2D eigenvalue weighted by molar-refractivity contribution is 5.87. The van der Waals surface area contributed by atoms with Gasteiger partial charge >= 0.3 is 5.97 Å². The van der Waals surface area contributed by atoms with E-state index in [-0.39, 0.29) is 0 Å². The Labute approximate surface area is 122 Å². The molecule has 1 aliphatic heterocycles. The zero-order valence-electron chi connectivity index (χ0n) is 11.5. The van der Waals surface area contributed by atoms with Crippen molar-refractivity contribution in [1.82, 2.24) is 4.98 Å². The van der Waals surface area contributed by atoms with Crippen molar-refractivity contribution in [3.63, 3.8) is 0 Å². The van der Waals surface area contributed by atoms with Crippen molar-refractivity contribution in [3.05, 3.63) is 35.9 Å². The third-order valence-electron chi connectivity index (χ3n) is 3.91. The molecule has 5 nitrogen and oxygen atoms in total. The number of hydrogen-bond acceptors (Lipinski definition) is 4. The van der Waals surface area contributed by atoms with Crippen LogP contribution < -0.4 is 4.90 Å². The van der Waals surface area contributed by atoms with E-state index in [2.05, 4.69) is 11.1 Å². The number of nitriles is 1. The number of piperidine rings is 1. The third-order valence-corrected chi connectivity index (χ3v) is 3.91. The van der Waals surface area contributed by atoms with Crippen LogP contribution in [0.5, 0.6) is 0 Å². The van der Waals surface area contributed by atoms with Crippen LogP contribution in [0.2, 0.25) is 0 Å². The number of carbonyl (C=O) groups is 1. The number of benzene rings is 1. The Balaban J connectivity index is 2.11. The highest BCUT2D eigenvalue weighted by Crippen LogP contribution is 2.27. The lowest BCUT2D eigenvalue weighted by Crippen LogP contribution is -2.45. The molecule has 2 aromatic rings. The Kier molecular flexibility index (Phi) is 3.44. The number of hydrogen-bond donors (Lipinski definition) is 1. The molecule has 1 fully saturated rings. The van der Waals surface area contributed by atoms with Gasteiger partial charge in [-0.25, -0.2) is 9.78 Å². The molecule has 1 aromatic carbocycles. The molecule has 0 radical (unpaired) electrons. The summed E-state index contributed by atoms with van der Waals surface area (Å²) in [5, 5.41) is 19.5. The minimum absolute atomic E-state index is 0.533. The second-order valence-corrected chi connectivity index (χ2v) is 5.20. The van der Waals surface area contributed by atoms with Crippen molar-refractivity contribution in [2.75, 3.05) is 11.4 Å². The molecule has 1 unspecified atom stereocenters. The molecule has 0 bridgehead atoms. The summed E-state index contributed by atoms with van der Waals surface area (Å²) >= 11 is 0. The van der Waals surface area contributed by atoms with Gasteiger partial charge in [0.15, 0.2) is 0 Å². The first-order chi connectivity index (χ1) is 10.2. The van der Waals surface area contributed by atoms with Crippen molar-refractivity contribution < 1.29 is 9.90 Å². The molecule has 1 aliphatic rings. The largest absolute Gasteiger partial charge is 0.480 e. The molecule has 0 amide bonds. The first-order valence-corrected chi connectivity index (χ1v) is 7.00. The van der Waals surface area contributed by atoms with Gasteiger partial charge in [-0.3, -0.25) is 0 Å². The Morgan fingerprint density at radius 3 is 2.95 bits per heavy atom. The quantitative estimate of drug-likeness (QED) is 0.915. The van der Waals surface area contributed by atoms with Gasteiger partial charge in [-0.05, 0) is 31.4 Å². The number of aromatic nitrogens is 1. The molecule has 5 heteroatoms. The average Bonchev–Trinajstić information content (AvgIpc) is 2.53. The summed E-state index contributed by atoms with van der Waals surface area (Å²) < 4.78 is 0. The number of fused-ring (bicyclic) bond motifs is 1. The van der Waals surface area contributed by atoms with E-state index in [1.54, 1.807) is 11.0 Å². The number of carboxylic acids is 1. The van der Waals surface area contributed by atoms with E-state index in [4.69, 9.17) is 0 Å². The molecule has 0 aliphatic carbocycles. The van der Waals surface area contributed by atoms with Gasteiger partial charge in [0.25, 0.3) is 0 Å². The first kappa shape index (κ1) is 13.4. The third kappa shape index (κ3) is 2.40. The van der Waals surface area contributed by atoms with Crippen LogP contribution in [0.1, 0.15) is 24.8 Å². The molecule has 1 N–H and O–H groups in total. The highest BCUT2D eigenvalue weighted by Gasteiger charge is 2.29. The zero-order valence-corrected chi connectivity index (χ0v) is 11.5. The van der Waals surface area contributed by atoms with Crippen molar-refractivity contribution in [2.24, 2.45) is 0 Å². The standard InChI is InChI=1S/C16H15N3O2/c17-10-11-9-15(18-13-6-2-1-5-12(11)13)19-8-4-3-7-14(19)16(20)21/h1-2,5-6,9,14H,3-4,7-8H2,(H,20,21). The van der Waals surface area contributed by atoms with E-state index in [1.165, 1.54) is 0 Å². The SMILES string of the molecule is N#Cc1cc(N2CCCCC2C(=O)O)nc2ccccc12. The minimum Gasteiger partial charge on any atom is -0.480 e. The van der Waals surface area contributed by atoms with Gasteiger partial charge in [0.05, 0.1) is 17.1 Å². The molecule has 1 aromatic heterocycles. The Hall–Kier alpha value is -2.61. The van der Waals surface area contributed by atoms with Crippen molar-refractivity contribution in [2.45, 2.75) is 25.3 Å². The molecule has 0 saturated carbocycles. The molecule has 3 rings (SSSR count). The van der Waals surface area contributed by atoms with Gasteiger partial charge in [0.2, 0.25) is 0 Å². The number of para-hydroxylation sites is 1. The summed E-state index contributed by atoms with van der Waals surface area (Å²) in [6.07, 6.45) is 2.47. The summed E-state index contributed by atoms with van der Waals surface area (Å²) in [5.41, 5.74) is 1.26. The lowest BCUT2D eigenvalue weighted by molar-refractivity contribution is -0.139. The normalized spacial score (nSPS) is 18.4. The van der Waals surface area contributed by atoms with E-state index in [9.17, 15) is 15.2 Å². The number of rotatable bonds is 2. The van der Waals surface area contributed by atoms with E-state index < -0.39 is 12.0 Å². The topological polar surface area (TPSA) is 77.2 Å². The van der Waals surface area contributed by atoms with Crippen LogP contribution in [0, 0.1) is 11.3 Å². The number of anilines is 1. The van der Waals surface area contributed by atoms with Gasteiger partial charge in [-0.1, -0.05) is 18.2 Å². The fourth-order valence-corrected chi connectivity index (χ4v) is 2.86. The summed E-state index contributed by atoms with van der Waals surface area (Å²) in [6.45, 7) is 0.660. The van der Waals surface area contributed by atoms with Crippen LogP contribution in [-0.4, -0.2) is 28.6 Å². The van der Waals surface area contributed by atoms with E-state index in [1.807, 2.05) is 24.3 Å². The maximum atomic E-state index is 11.4. The zero-order chi connectivity index (χ0) is 14.8. The molecule has 106 valence electrons. The van der Waals surface area contributed by atoms with E-state index in [0.29, 0.717) is 24.3 Å². The Bertz CT molecular complexity index is 736. The molecule has 1 saturated heterocycles. The summed E-state index contributed by atoms with van der Waals surface area (Å²) in [7, 11) is 0. The van der Waals surface area contributed by atoms with Gasteiger partial charge in [-0.15, -0.1) is 0 Å². The van der Waals surface area contributed by atoms with Crippen LogP contribution in [0.25, 0.3) is 10.9 Å². The molecular weight excluding hydrogens is 266 g/mol.